The number of aliphatic carboxylic acids is 1. The first-order valence-corrected chi connectivity index (χ1v) is 4.61. The molecule has 0 aliphatic carbocycles. The second-order valence-electron chi connectivity index (χ2n) is 2.20. The lowest BCUT2D eigenvalue weighted by atomic mass is 10.2. The predicted octanol–water partition coefficient (Wildman–Crippen LogP) is -0.738. The second kappa shape index (κ2) is 3.95. The van der Waals surface area contributed by atoms with Crippen LogP contribution in [0.15, 0.2) is 0 Å². The summed E-state index contributed by atoms with van der Waals surface area (Å²) < 4.78 is 22.6. The summed E-state index contributed by atoms with van der Waals surface area (Å²) in [5.41, 5.74) is 4.83. The first-order valence-electron chi connectivity index (χ1n) is 2.93. The molecule has 0 fully saturated rings. The molecule has 12 heavy (non-hydrogen) atoms. The normalized spacial score (nSPS) is 17.0. The minimum Gasteiger partial charge on any atom is -0.480 e. The van der Waals surface area contributed by atoms with Gasteiger partial charge in [0.2, 0.25) is 5.91 Å². The largest absolute Gasteiger partial charge is 0.480 e. The molecule has 2 atom stereocenters. The van der Waals surface area contributed by atoms with Gasteiger partial charge < -0.3 is 20.6 Å². The summed E-state index contributed by atoms with van der Waals surface area (Å²) >= 11 is 0. The smallest absolute Gasteiger partial charge is 0.359 e. The van der Waals surface area contributed by atoms with Gasteiger partial charge in [0.25, 0.3) is 0 Å². The maximum absolute atomic E-state index is 12.4. The van der Waals surface area contributed by atoms with E-state index in [9.17, 15) is 13.8 Å². The van der Waals surface area contributed by atoms with Crippen molar-refractivity contribution in [2.45, 2.75) is 18.4 Å². The van der Waals surface area contributed by atoms with Crippen molar-refractivity contribution < 1.29 is 28.6 Å². The Balaban J connectivity index is 4.11. The molecular formula is C4H9FNO5P. The molecule has 6 nitrogen and oxygen atoms in total. The van der Waals surface area contributed by atoms with Crippen molar-refractivity contribution in [3.63, 3.8) is 0 Å². The van der Waals surface area contributed by atoms with E-state index in [-0.39, 0.29) is 0 Å². The summed E-state index contributed by atoms with van der Waals surface area (Å²) in [5.74, 6) is -4.00. The Bertz CT molecular complexity index is 215. The molecule has 0 saturated heterocycles. The van der Waals surface area contributed by atoms with Gasteiger partial charge in [-0.2, -0.15) is 0 Å². The average molecular weight is 201 g/mol. The molecule has 0 aromatic rings. The molecule has 0 saturated carbocycles. The van der Waals surface area contributed by atoms with Gasteiger partial charge in [0, 0.05) is 6.42 Å². The molecule has 0 amide bonds. The summed E-state index contributed by atoms with van der Waals surface area (Å²) in [4.78, 5) is 26.4. The number of hydrogen-bond donors (Lipinski definition) is 4. The van der Waals surface area contributed by atoms with E-state index < -0.39 is 31.9 Å². The first-order chi connectivity index (χ1) is 5.25. The van der Waals surface area contributed by atoms with Crippen molar-refractivity contribution in [3.8, 4) is 0 Å². The van der Waals surface area contributed by atoms with Crippen LogP contribution in [0.4, 0.5) is 4.39 Å². The third-order valence-electron chi connectivity index (χ3n) is 1.13. The van der Waals surface area contributed by atoms with E-state index in [4.69, 9.17) is 20.6 Å². The minimum absolute atomic E-state index is 0.889. The van der Waals surface area contributed by atoms with Crippen molar-refractivity contribution in [2.75, 3.05) is 0 Å². The van der Waals surface area contributed by atoms with Crippen LogP contribution in [0.25, 0.3) is 0 Å². The molecule has 0 heterocycles. The van der Waals surface area contributed by atoms with Gasteiger partial charge in [0.15, 0.2) is 0 Å². The molecule has 0 radical (unpaired) electrons. The topological polar surface area (TPSA) is 121 Å². The molecule has 0 aromatic heterocycles. The lowest BCUT2D eigenvalue weighted by Crippen LogP contribution is -2.32. The maximum Gasteiger partial charge on any atom is 0.359 e. The van der Waals surface area contributed by atoms with Gasteiger partial charge in [-0.25, -0.2) is 4.39 Å². The van der Waals surface area contributed by atoms with Crippen molar-refractivity contribution in [2.24, 2.45) is 5.73 Å². The zero-order valence-electron chi connectivity index (χ0n) is 5.92. The van der Waals surface area contributed by atoms with E-state index in [1.54, 1.807) is 0 Å². The van der Waals surface area contributed by atoms with Crippen molar-refractivity contribution in [3.05, 3.63) is 0 Å². The van der Waals surface area contributed by atoms with Crippen LogP contribution in [-0.4, -0.2) is 32.8 Å². The molecule has 0 unspecified atom stereocenters. The Labute approximate surface area is 67.3 Å². The predicted molar refractivity (Wildman–Crippen MR) is 37.2 cm³/mol. The van der Waals surface area contributed by atoms with Gasteiger partial charge in [-0.15, -0.1) is 0 Å². The Morgan fingerprint density at radius 2 is 2.00 bits per heavy atom. The fraction of sp³-hybridized carbons (Fsp3) is 0.750. The molecular weight excluding hydrogens is 192 g/mol. The van der Waals surface area contributed by atoms with Crippen LogP contribution in [-0.2, 0) is 9.36 Å². The van der Waals surface area contributed by atoms with Gasteiger partial charge in [-0.3, -0.25) is 9.36 Å². The van der Waals surface area contributed by atoms with E-state index >= 15 is 0 Å². The summed E-state index contributed by atoms with van der Waals surface area (Å²) in [7, 11) is -4.86. The van der Waals surface area contributed by atoms with E-state index in [0.717, 1.165) is 0 Å². The van der Waals surface area contributed by atoms with E-state index in [1.165, 1.54) is 0 Å². The molecule has 0 bridgehead atoms. The monoisotopic (exact) mass is 201 g/mol. The van der Waals surface area contributed by atoms with Crippen molar-refractivity contribution in [1.29, 1.82) is 0 Å². The number of rotatable bonds is 4. The number of hydrogen-bond acceptors (Lipinski definition) is 3. The summed E-state index contributed by atoms with van der Waals surface area (Å²) in [6, 6.07) is -1.59. The number of carbonyl (C=O) groups is 1. The van der Waals surface area contributed by atoms with Crippen LogP contribution in [0.5, 0.6) is 0 Å². The van der Waals surface area contributed by atoms with Crippen LogP contribution < -0.4 is 5.73 Å². The van der Waals surface area contributed by atoms with Gasteiger partial charge in [-0.1, -0.05) is 0 Å². The molecule has 0 aromatic carbocycles. The third kappa shape index (κ3) is 3.77. The van der Waals surface area contributed by atoms with E-state index in [0.29, 0.717) is 0 Å². The molecule has 8 heteroatoms. The Hall–Kier alpha value is -0.490. The quantitative estimate of drug-likeness (QED) is 0.444. The fourth-order valence-corrected chi connectivity index (χ4v) is 0.949. The number of nitrogens with two attached hydrogens (primary N) is 1. The van der Waals surface area contributed by atoms with Gasteiger partial charge >= 0.3 is 13.6 Å². The molecule has 0 spiro atoms. The first kappa shape index (κ1) is 11.5. The average Bonchev–Trinajstić information content (AvgIpc) is 1.85. The summed E-state index contributed by atoms with van der Waals surface area (Å²) in [5, 5.41) is 8.15. The molecule has 0 rings (SSSR count). The Morgan fingerprint density at radius 3 is 2.25 bits per heavy atom. The van der Waals surface area contributed by atoms with E-state index in [1.807, 2.05) is 0 Å². The van der Waals surface area contributed by atoms with Crippen LogP contribution in [0, 0.1) is 0 Å². The lowest BCUT2D eigenvalue weighted by molar-refractivity contribution is -0.138. The number of alkyl halides is 1. The highest BCUT2D eigenvalue weighted by Crippen LogP contribution is 2.43. The van der Waals surface area contributed by atoms with Crippen LogP contribution >= 0.6 is 7.60 Å². The maximum atomic E-state index is 12.4. The number of halogens is 1. The van der Waals surface area contributed by atoms with Crippen molar-refractivity contribution in [1.82, 2.24) is 0 Å². The Kier molecular flexibility index (Phi) is 3.79. The SMILES string of the molecule is N[C@@H](C[C@H](F)P(=O)(O)O)C(=O)O. The standard InChI is InChI=1S/C4H9FNO5P/c5-3(12(9,10)11)1-2(6)4(7)8/h2-3H,1,6H2,(H,7,8)(H2,9,10,11)/t2-,3+/m0/s1. The molecule has 72 valence electrons. The minimum atomic E-state index is -4.86. The second-order valence-corrected chi connectivity index (χ2v) is 3.94. The summed E-state index contributed by atoms with van der Waals surface area (Å²) in [6.45, 7) is 0. The van der Waals surface area contributed by atoms with Crippen molar-refractivity contribution >= 4 is 13.6 Å². The van der Waals surface area contributed by atoms with Crippen LogP contribution in [0.1, 0.15) is 6.42 Å². The highest BCUT2D eigenvalue weighted by molar-refractivity contribution is 7.52. The van der Waals surface area contributed by atoms with Gasteiger partial charge in [0.05, 0.1) is 0 Å². The third-order valence-corrected chi connectivity index (χ3v) is 2.07. The van der Waals surface area contributed by atoms with Crippen LogP contribution in [0.2, 0.25) is 0 Å². The zero-order chi connectivity index (χ0) is 9.94. The number of carboxylic acids is 1. The zero-order valence-corrected chi connectivity index (χ0v) is 6.82. The van der Waals surface area contributed by atoms with Crippen LogP contribution in [0.3, 0.4) is 0 Å². The number of carboxylic acid groups (broad SMARTS) is 1. The lowest BCUT2D eigenvalue weighted by Gasteiger charge is -2.11. The van der Waals surface area contributed by atoms with E-state index in [2.05, 4.69) is 0 Å². The molecule has 0 aliphatic rings. The molecule has 0 aliphatic heterocycles. The summed E-state index contributed by atoms with van der Waals surface area (Å²) in [6.07, 6.45) is -0.889. The Morgan fingerprint density at radius 1 is 1.58 bits per heavy atom. The van der Waals surface area contributed by atoms with Gasteiger partial charge in [-0.05, 0) is 0 Å². The van der Waals surface area contributed by atoms with Gasteiger partial charge in [0.1, 0.15) is 6.04 Å². The highest BCUT2D eigenvalue weighted by Gasteiger charge is 2.32. The fourth-order valence-electron chi connectivity index (χ4n) is 0.448. The highest BCUT2D eigenvalue weighted by atomic mass is 31.2. The molecule has 5 N–H and O–H groups in total.